The van der Waals surface area contributed by atoms with Gasteiger partial charge in [0, 0.05) is 12.1 Å². The molecule has 0 bridgehead atoms. The van der Waals surface area contributed by atoms with Gasteiger partial charge in [-0.1, -0.05) is 36.4 Å². The van der Waals surface area contributed by atoms with Crippen molar-refractivity contribution < 1.29 is 23.1 Å². The average molecular weight is 519 g/mol. The minimum Gasteiger partial charge on any atom is -0.481 e. The van der Waals surface area contributed by atoms with Crippen LogP contribution in [-0.4, -0.2) is 27.0 Å². The molecule has 0 radical (unpaired) electrons. The molecule has 2 aromatic heterocycles. The molecular weight excluding hydrogens is 491 g/mol. The number of carbonyl (C=O) groups excluding carboxylic acids is 1. The van der Waals surface area contributed by atoms with E-state index >= 15 is 0 Å². The number of nitrogens with one attached hydrogen (secondary N) is 1. The van der Waals surface area contributed by atoms with Crippen LogP contribution in [0.5, 0.6) is 5.75 Å². The molecule has 2 aromatic carbocycles. The summed E-state index contributed by atoms with van der Waals surface area (Å²) in [5, 5.41) is 2.79. The van der Waals surface area contributed by atoms with Crippen molar-refractivity contribution in [2.24, 2.45) is 0 Å². The van der Waals surface area contributed by atoms with Crippen molar-refractivity contribution in [3.63, 3.8) is 0 Å². The van der Waals surface area contributed by atoms with E-state index in [2.05, 4.69) is 15.3 Å². The van der Waals surface area contributed by atoms with Crippen molar-refractivity contribution in [1.82, 2.24) is 19.9 Å². The Kier molecular flexibility index (Phi) is 6.81. The Labute approximate surface area is 218 Å². The zero-order valence-electron chi connectivity index (χ0n) is 21.3. The highest BCUT2D eigenvalue weighted by Crippen LogP contribution is 2.28. The highest BCUT2D eigenvalue weighted by Gasteiger charge is 2.35. The fraction of sp³-hybridized carbons (Fsp3) is 0.286. The maximum Gasteiger partial charge on any atom is 0.296 e. The third-order valence-electron chi connectivity index (χ3n) is 6.25. The topological polar surface area (TPSA) is 108 Å². The SMILES string of the molecule is Cc1cnc(-c2cc(F)ccc2CNC(=O)c2nc3n(c(=O)c2OCc2ccccc2)CCOC3(C)C)o1. The van der Waals surface area contributed by atoms with E-state index in [1.165, 1.54) is 22.9 Å². The maximum atomic E-state index is 14.0. The van der Waals surface area contributed by atoms with Crippen molar-refractivity contribution in [1.29, 1.82) is 0 Å². The Hall–Kier alpha value is -4.31. The number of fused-ring (bicyclic) bond motifs is 1. The van der Waals surface area contributed by atoms with E-state index in [1.54, 1.807) is 26.8 Å². The van der Waals surface area contributed by atoms with Gasteiger partial charge in [-0.25, -0.2) is 14.4 Å². The van der Waals surface area contributed by atoms with Gasteiger partial charge < -0.3 is 19.2 Å². The lowest BCUT2D eigenvalue weighted by Crippen LogP contribution is -2.43. The van der Waals surface area contributed by atoms with Crippen LogP contribution in [0.1, 0.15) is 47.0 Å². The van der Waals surface area contributed by atoms with Gasteiger partial charge in [-0.3, -0.25) is 14.2 Å². The zero-order valence-corrected chi connectivity index (χ0v) is 21.3. The molecule has 5 rings (SSSR count). The molecule has 1 aliphatic heterocycles. The van der Waals surface area contributed by atoms with Gasteiger partial charge in [0.1, 0.15) is 29.6 Å². The van der Waals surface area contributed by atoms with Gasteiger partial charge in [-0.2, -0.15) is 0 Å². The van der Waals surface area contributed by atoms with Gasteiger partial charge in [0.15, 0.2) is 5.69 Å². The Bertz CT molecular complexity index is 1540. The summed E-state index contributed by atoms with van der Waals surface area (Å²) >= 11 is 0. The van der Waals surface area contributed by atoms with E-state index in [4.69, 9.17) is 13.9 Å². The smallest absolute Gasteiger partial charge is 0.296 e. The lowest BCUT2D eigenvalue weighted by Gasteiger charge is -2.32. The molecule has 0 unspecified atom stereocenters. The number of benzene rings is 2. The molecular formula is C28H27FN4O5. The van der Waals surface area contributed by atoms with E-state index in [-0.39, 0.29) is 30.5 Å². The quantitative estimate of drug-likeness (QED) is 0.392. The third-order valence-corrected chi connectivity index (χ3v) is 6.25. The zero-order chi connectivity index (χ0) is 26.9. The number of nitrogens with zero attached hydrogens (tertiary/aromatic N) is 3. The van der Waals surface area contributed by atoms with E-state index in [0.717, 1.165) is 5.56 Å². The molecule has 0 saturated carbocycles. The first-order valence-electron chi connectivity index (χ1n) is 12.2. The lowest BCUT2D eigenvalue weighted by molar-refractivity contribution is -0.0567. The fourth-order valence-electron chi connectivity index (χ4n) is 4.31. The highest BCUT2D eigenvalue weighted by atomic mass is 19.1. The molecule has 1 N–H and O–H groups in total. The first kappa shape index (κ1) is 25.3. The van der Waals surface area contributed by atoms with Crippen molar-refractivity contribution in [3.8, 4) is 17.2 Å². The van der Waals surface area contributed by atoms with Crippen LogP contribution in [0, 0.1) is 12.7 Å². The maximum absolute atomic E-state index is 14.0. The van der Waals surface area contributed by atoms with E-state index in [9.17, 15) is 14.0 Å². The average Bonchev–Trinajstić information content (AvgIpc) is 3.34. The summed E-state index contributed by atoms with van der Waals surface area (Å²) in [4.78, 5) is 35.7. The summed E-state index contributed by atoms with van der Waals surface area (Å²) in [6.45, 7) is 6.04. The van der Waals surface area contributed by atoms with Gasteiger partial charge in [-0.15, -0.1) is 0 Å². The van der Waals surface area contributed by atoms with Gasteiger partial charge in [0.25, 0.3) is 11.5 Å². The predicted octanol–water partition coefficient (Wildman–Crippen LogP) is 4.12. The Morgan fingerprint density at radius 2 is 2.00 bits per heavy atom. The molecule has 1 aliphatic rings. The molecule has 1 amide bonds. The van der Waals surface area contributed by atoms with Crippen LogP contribution in [0.2, 0.25) is 0 Å². The summed E-state index contributed by atoms with van der Waals surface area (Å²) in [5.74, 6) is -0.0766. The van der Waals surface area contributed by atoms with Gasteiger partial charge in [0.05, 0.1) is 19.3 Å². The first-order valence-corrected chi connectivity index (χ1v) is 12.2. The van der Waals surface area contributed by atoms with Crippen LogP contribution in [0.15, 0.2) is 63.9 Å². The van der Waals surface area contributed by atoms with E-state index in [0.29, 0.717) is 35.9 Å². The minimum atomic E-state index is -0.878. The number of rotatable bonds is 7. The number of oxazole rings is 1. The van der Waals surface area contributed by atoms with Crippen LogP contribution in [-0.2, 0) is 30.0 Å². The molecule has 0 aliphatic carbocycles. The van der Waals surface area contributed by atoms with Crippen molar-refractivity contribution in [3.05, 3.63) is 99.3 Å². The van der Waals surface area contributed by atoms with Crippen molar-refractivity contribution >= 4 is 5.91 Å². The molecule has 38 heavy (non-hydrogen) atoms. The van der Waals surface area contributed by atoms with Crippen LogP contribution >= 0.6 is 0 Å². The summed E-state index contributed by atoms with van der Waals surface area (Å²) in [5.41, 5.74) is 0.342. The molecule has 10 heteroatoms. The second kappa shape index (κ2) is 10.2. The van der Waals surface area contributed by atoms with Crippen LogP contribution in [0.3, 0.4) is 0 Å². The van der Waals surface area contributed by atoms with Gasteiger partial charge >= 0.3 is 0 Å². The molecule has 3 heterocycles. The van der Waals surface area contributed by atoms with Crippen molar-refractivity contribution in [2.75, 3.05) is 6.61 Å². The number of carbonyl (C=O) groups is 1. The van der Waals surface area contributed by atoms with E-state index < -0.39 is 22.9 Å². The number of halogens is 1. The number of aromatic nitrogens is 3. The number of amides is 1. The molecule has 4 aromatic rings. The Morgan fingerprint density at radius 3 is 2.74 bits per heavy atom. The van der Waals surface area contributed by atoms with Gasteiger partial charge in [-0.05, 0) is 44.0 Å². The highest BCUT2D eigenvalue weighted by molar-refractivity contribution is 5.95. The third kappa shape index (κ3) is 5.08. The van der Waals surface area contributed by atoms with Gasteiger partial charge in [0.2, 0.25) is 11.6 Å². The molecule has 0 atom stereocenters. The minimum absolute atomic E-state index is 0.00793. The molecule has 0 spiro atoms. The lowest BCUT2D eigenvalue weighted by atomic mass is 10.1. The largest absolute Gasteiger partial charge is 0.481 e. The van der Waals surface area contributed by atoms with E-state index in [1.807, 2.05) is 30.3 Å². The first-order chi connectivity index (χ1) is 18.2. The summed E-state index contributed by atoms with van der Waals surface area (Å²) in [6.07, 6.45) is 1.53. The molecule has 0 fully saturated rings. The summed E-state index contributed by atoms with van der Waals surface area (Å²) in [7, 11) is 0. The van der Waals surface area contributed by atoms with Crippen LogP contribution in [0.25, 0.3) is 11.5 Å². The number of hydrogen-bond acceptors (Lipinski definition) is 7. The van der Waals surface area contributed by atoms with Crippen LogP contribution < -0.4 is 15.6 Å². The second-order valence-electron chi connectivity index (χ2n) is 9.46. The Morgan fingerprint density at radius 1 is 1.21 bits per heavy atom. The molecule has 9 nitrogen and oxygen atoms in total. The number of ether oxygens (including phenoxy) is 2. The molecule has 196 valence electrons. The normalized spacial score (nSPS) is 14.1. The second-order valence-corrected chi connectivity index (χ2v) is 9.46. The molecule has 0 saturated heterocycles. The summed E-state index contributed by atoms with van der Waals surface area (Å²) in [6, 6.07) is 13.5. The number of hydrogen-bond donors (Lipinski definition) is 1. The van der Waals surface area contributed by atoms with Crippen molar-refractivity contribution in [2.45, 2.75) is 46.1 Å². The number of aryl methyl sites for hydroxylation is 1. The summed E-state index contributed by atoms with van der Waals surface area (Å²) < 4.78 is 32.8. The van der Waals surface area contributed by atoms with Crippen LogP contribution in [0.4, 0.5) is 4.39 Å². The monoisotopic (exact) mass is 518 g/mol. The predicted molar refractivity (Wildman–Crippen MR) is 136 cm³/mol. The Balaban J connectivity index is 1.48. The fourth-order valence-corrected chi connectivity index (χ4v) is 4.31. The standard InChI is InChI=1S/C28H27FN4O5/c1-17-14-31-25(38-17)21-13-20(29)10-9-19(21)15-30-24(34)22-23(36-16-18-7-5-4-6-8-18)26(35)33-11-12-37-28(2,3)27(33)32-22/h4-10,13-14H,11-12,15-16H2,1-3H3,(H,30,34).